The van der Waals surface area contributed by atoms with Crippen molar-refractivity contribution in [3.63, 3.8) is 0 Å². The largest absolute Gasteiger partial charge is 0.507 e. The van der Waals surface area contributed by atoms with E-state index in [1.54, 1.807) is 20.8 Å². The first-order valence-electron chi connectivity index (χ1n) is 28.7. The minimum atomic E-state index is -1.69. The second-order valence-electron chi connectivity index (χ2n) is 21.6. The predicted octanol–water partition coefficient (Wildman–Crippen LogP) is 12.3. The van der Waals surface area contributed by atoms with Gasteiger partial charge in [-0.05, 0) is 93.4 Å². The van der Waals surface area contributed by atoms with Crippen LogP contribution >= 0.6 is 15.9 Å². The van der Waals surface area contributed by atoms with Gasteiger partial charge in [0.15, 0.2) is 63.3 Å². The maximum atomic E-state index is 14.0. The van der Waals surface area contributed by atoms with Crippen LogP contribution < -0.4 is 43.6 Å². The molecule has 1 amide bonds. The average molecular weight is 1470 g/mol. The van der Waals surface area contributed by atoms with Crippen molar-refractivity contribution in [1.29, 1.82) is 0 Å². The SMILES string of the molecule is CC(=O)c1cc(F)cc([N+](=O)[O-])c1O.CC(=O)c1cc(F)ccc1O.CC(C)(C)OC(=O)N1CCCC1(O)c1cc(F)cc2c1OCCO2.Fc1cc(Br)c2c(c1)OCCO2.Nc1cc(F)cc2c1OCCO2.O=[N+]([O-])c1cc(F)cc(O)c1O.O=[N+]([O-])c1cc(F)cc2c1OCCO2. The molecule has 7 aromatic rings. The fourth-order valence-electron chi connectivity index (χ4n) is 9.02. The number of ether oxygens (including phenoxy) is 9. The fraction of sp³-hybridized carbons (Fsp3) is 0.286. The van der Waals surface area contributed by atoms with Crippen molar-refractivity contribution in [2.45, 2.75) is 58.8 Å². The van der Waals surface area contributed by atoms with E-state index < -0.39 is 113 Å². The molecule has 0 aromatic heterocycles. The molecule has 99 heavy (non-hydrogen) atoms. The number of phenols is 4. The second kappa shape index (κ2) is 33.6. The number of ketones is 2. The Hall–Kier alpha value is -11.3. The summed E-state index contributed by atoms with van der Waals surface area (Å²) in [6.45, 7) is 10.9. The van der Waals surface area contributed by atoms with Gasteiger partial charge in [0.05, 0.1) is 59.8 Å². The van der Waals surface area contributed by atoms with Gasteiger partial charge in [0.25, 0.3) is 0 Å². The molecule has 0 aliphatic carbocycles. The molecule has 12 rings (SSSR count). The van der Waals surface area contributed by atoms with Crippen molar-refractivity contribution < 1.29 is 128 Å². The Labute approximate surface area is 563 Å². The third-order valence-corrected chi connectivity index (χ3v) is 13.8. The number of benzene rings is 7. The number of fused-ring (bicyclic) bond motifs is 4. The van der Waals surface area contributed by atoms with Gasteiger partial charge in [0.2, 0.25) is 17.2 Å². The minimum absolute atomic E-state index is 0.00245. The highest BCUT2D eigenvalue weighted by atomic mass is 79.9. The first-order valence-corrected chi connectivity index (χ1v) is 29.5. The van der Waals surface area contributed by atoms with Gasteiger partial charge in [-0.3, -0.25) is 44.8 Å². The lowest BCUT2D eigenvalue weighted by atomic mass is 9.98. The molecule has 7 N–H and O–H groups in total. The number of nitro groups is 3. The number of hydrogen-bond acceptors (Lipinski definition) is 24. The number of anilines is 1. The van der Waals surface area contributed by atoms with Crippen molar-refractivity contribution in [2.75, 3.05) is 65.1 Å². The molecule has 1 fully saturated rings. The third kappa shape index (κ3) is 20.6. The van der Waals surface area contributed by atoms with Crippen LogP contribution in [0.5, 0.6) is 69.0 Å². The van der Waals surface area contributed by atoms with E-state index in [9.17, 15) is 85.7 Å². The Morgan fingerprint density at radius 3 is 1.43 bits per heavy atom. The lowest BCUT2D eigenvalue weighted by Crippen LogP contribution is -2.47. The van der Waals surface area contributed by atoms with Crippen molar-refractivity contribution in [3.8, 4) is 69.0 Å². The summed E-state index contributed by atoms with van der Waals surface area (Å²) in [7, 11) is 0. The van der Waals surface area contributed by atoms with E-state index in [2.05, 4.69) is 15.9 Å². The smallest absolute Gasteiger partial charge is 0.412 e. The van der Waals surface area contributed by atoms with Crippen LogP contribution in [0.4, 0.5) is 58.3 Å². The number of carbonyl (C=O) groups excluding carboxylic acids is 3. The molecule has 0 saturated carbocycles. The average Bonchev–Trinajstić information content (AvgIpc) is 1.67. The quantitative estimate of drug-likeness (QED) is 0.0225. The van der Waals surface area contributed by atoms with Crippen LogP contribution in [0, 0.1) is 71.1 Å². The number of rotatable bonds is 6. The Morgan fingerprint density at radius 2 is 0.919 bits per heavy atom. The number of hydrogen-bond donors (Lipinski definition) is 6. The predicted molar refractivity (Wildman–Crippen MR) is 334 cm³/mol. The van der Waals surface area contributed by atoms with Gasteiger partial charge < -0.3 is 73.9 Å². The maximum Gasteiger partial charge on any atom is 0.412 e. The summed E-state index contributed by atoms with van der Waals surface area (Å²) < 4.78 is 138. The highest BCUT2D eigenvalue weighted by Crippen LogP contribution is 2.47. The van der Waals surface area contributed by atoms with Gasteiger partial charge in [0.1, 0.15) is 105 Å². The molecule has 36 heteroatoms. The number of aromatic hydroxyl groups is 4. The Bertz CT molecular complexity index is 4090. The van der Waals surface area contributed by atoms with Crippen LogP contribution in [0.25, 0.3) is 0 Å². The summed E-state index contributed by atoms with van der Waals surface area (Å²) in [6, 6.07) is 15.1. The Balaban J connectivity index is 0.000000186. The topological polar surface area (TPSA) is 394 Å². The van der Waals surface area contributed by atoms with E-state index in [0.29, 0.717) is 98.3 Å². The highest BCUT2D eigenvalue weighted by molar-refractivity contribution is 9.10. The number of nitro benzene ring substituents is 3. The number of Topliss-reactive ketones (excluding diaryl/α,β-unsaturated/α-hetero) is 2. The van der Waals surface area contributed by atoms with Gasteiger partial charge >= 0.3 is 23.2 Å². The van der Waals surface area contributed by atoms with E-state index in [1.807, 2.05) is 0 Å². The van der Waals surface area contributed by atoms with Crippen LogP contribution in [-0.4, -0.2) is 128 Å². The maximum absolute atomic E-state index is 14.0. The molecule has 5 heterocycles. The van der Waals surface area contributed by atoms with Crippen LogP contribution in [0.2, 0.25) is 0 Å². The zero-order chi connectivity index (χ0) is 73.4. The zero-order valence-electron chi connectivity index (χ0n) is 52.4. The van der Waals surface area contributed by atoms with Gasteiger partial charge in [-0.1, -0.05) is 0 Å². The lowest BCUT2D eigenvalue weighted by Gasteiger charge is -2.36. The lowest BCUT2D eigenvalue weighted by molar-refractivity contribution is -0.386. The summed E-state index contributed by atoms with van der Waals surface area (Å²) in [6.07, 6.45) is 0.199. The monoisotopic (exact) mass is 1470 g/mol. The van der Waals surface area contributed by atoms with Gasteiger partial charge in [-0.15, -0.1) is 0 Å². The molecule has 1 unspecified atom stereocenters. The molecule has 7 aromatic carbocycles. The van der Waals surface area contributed by atoms with E-state index in [1.165, 1.54) is 48.2 Å². The van der Waals surface area contributed by atoms with E-state index in [4.69, 9.17) is 63.7 Å². The number of nitrogens with two attached hydrogens (primary N) is 1. The summed E-state index contributed by atoms with van der Waals surface area (Å²) in [5.41, 5.74) is 1.16. The van der Waals surface area contributed by atoms with E-state index in [-0.39, 0.29) is 76.8 Å². The number of aliphatic hydroxyl groups is 1. The van der Waals surface area contributed by atoms with Crippen molar-refractivity contribution in [2.24, 2.45) is 0 Å². The molecule has 0 spiro atoms. The third-order valence-electron chi connectivity index (χ3n) is 13.2. The molecule has 1 atom stereocenters. The first-order chi connectivity index (χ1) is 46.5. The summed E-state index contributed by atoms with van der Waals surface area (Å²) in [5, 5.41) is 77.9. The number of amides is 1. The summed E-state index contributed by atoms with van der Waals surface area (Å²) in [4.78, 5) is 63.5. The molecule has 530 valence electrons. The molecule has 5 aliphatic heterocycles. The molecule has 0 bridgehead atoms. The highest BCUT2D eigenvalue weighted by Gasteiger charge is 2.48. The van der Waals surface area contributed by atoms with Crippen LogP contribution in [0.15, 0.2) is 95.5 Å². The normalized spacial score (nSPS) is 14.7. The van der Waals surface area contributed by atoms with Gasteiger partial charge in [-0.2, -0.15) is 0 Å². The van der Waals surface area contributed by atoms with Gasteiger partial charge in [0, 0.05) is 49.4 Å². The summed E-state index contributed by atoms with van der Waals surface area (Å²) in [5.74, 6) is -5.67. The Morgan fingerprint density at radius 1 is 0.515 bits per heavy atom. The van der Waals surface area contributed by atoms with Crippen molar-refractivity contribution in [1.82, 2.24) is 4.90 Å². The molecule has 1 saturated heterocycles. The zero-order valence-corrected chi connectivity index (χ0v) is 54.0. The van der Waals surface area contributed by atoms with Crippen molar-refractivity contribution in [3.05, 3.63) is 183 Å². The molecular weight excluding hydrogens is 1410 g/mol. The number of nitrogen functional groups attached to an aromatic ring is 1. The number of halogens is 8. The van der Waals surface area contributed by atoms with Crippen LogP contribution in [0.1, 0.15) is 73.7 Å². The molecule has 28 nitrogen and oxygen atoms in total. The number of carbonyl (C=O) groups is 3. The molecular formula is C63H59BrF7N5O23. The van der Waals surface area contributed by atoms with Crippen LogP contribution in [0.3, 0.4) is 0 Å². The number of likely N-dealkylation sites (tertiary alicyclic amines) is 1. The van der Waals surface area contributed by atoms with Gasteiger partial charge in [-0.25, -0.2) is 35.5 Å². The molecule has 5 aliphatic rings. The minimum Gasteiger partial charge on any atom is -0.507 e. The van der Waals surface area contributed by atoms with E-state index >= 15 is 0 Å². The number of phenolic OH excluding ortho intramolecular Hbond substituents is 4. The Kier molecular flexibility index (Phi) is 26.0. The second-order valence-corrected chi connectivity index (χ2v) is 22.4. The fourth-order valence-corrected chi connectivity index (χ4v) is 9.54. The van der Waals surface area contributed by atoms with E-state index in [0.717, 1.165) is 43.3 Å². The summed E-state index contributed by atoms with van der Waals surface area (Å²) >= 11 is 3.19. The van der Waals surface area contributed by atoms with Crippen molar-refractivity contribution >= 4 is 56.3 Å². The standard InChI is InChI=1S/C17H22FNO5.C8H6BrFO2.2C8H6FNO4.C8H8FNO2.C8H7FO2.C6H4FNO4/c1-16(2,3)24-15(20)19-6-4-5-17(19,21)12-9-11(18)10-13-14(12)23-8-7-22-13;9-6-3-5(10)4-7-8(6)12-2-1-11-7;9-5-3-6(10(11)12)8-7(4-5)13-1-2-14-8;1-4(11)6-2-5(9)3-7(8(6)12)10(13)14;9-5-3-6(10)8-7(4-5)11-1-2-12-8;1-5(10)7-4-6(9)2-3-8(7)11;7-3-1-4(8(11)12)6(10)5(9)2-3/h9-10,21H,4-8H2,1-3H3;3-4H,1-2H2;3-4H,1-2H2;2-3,12H,1H3;3-4H,1-2,10H2;2-4,11H,1H3;1-2,9-10H. The number of nitrogens with zero attached hydrogens (tertiary/aromatic N) is 4. The molecule has 0 radical (unpaired) electrons. The van der Waals surface area contributed by atoms with Crippen LogP contribution in [-0.2, 0) is 10.5 Å². The first kappa shape index (κ1) is 76.7.